The molecule has 0 radical (unpaired) electrons. The molecule has 2 unspecified atom stereocenters. The fourth-order valence-corrected chi connectivity index (χ4v) is 3.41. The van der Waals surface area contributed by atoms with E-state index in [4.69, 9.17) is 9.84 Å². The van der Waals surface area contributed by atoms with E-state index in [2.05, 4.69) is 39.6 Å². The average molecular weight is 361 g/mol. The third-order valence-corrected chi connectivity index (χ3v) is 4.67. The van der Waals surface area contributed by atoms with Gasteiger partial charge in [0.05, 0.1) is 11.5 Å². The number of nitrogens with zero attached hydrogens (tertiary/aromatic N) is 2. The average Bonchev–Trinajstić information content (AvgIpc) is 3.08. The molecule has 2 aromatic carbocycles. The number of benzene rings is 2. The zero-order valence-electron chi connectivity index (χ0n) is 14.8. The van der Waals surface area contributed by atoms with Gasteiger partial charge >= 0.3 is 5.97 Å². The Morgan fingerprint density at radius 2 is 1.81 bits per heavy atom. The topological polar surface area (TPSA) is 84.3 Å². The Morgan fingerprint density at radius 1 is 1.07 bits per heavy atom. The van der Waals surface area contributed by atoms with Crippen molar-refractivity contribution in [2.45, 2.75) is 18.9 Å². The van der Waals surface area contributed by atoms with Gasteiger partial charge in [0, 0.05) is 0 Å². The Balaban J connectivity index is 1.82. The van der Waals surface area contributed by atoms with Crippen LogP contribution in [-0.2, 0) is 4.79 Å². The quantitative estimate of drug-likeness (QED) is 0.723. The largest absolute Gasteiger partial charge is 0.480 e. The molecule has 0 aliphatic carbocycles. The highest BCUT2D eigenvalue weighted by atomic mass is 16.5. The summed E-state index contributed by atoms with van der Waals surface area (Å²) in [5.74, 6) is -0.114. The van der Waals surface area contributed by atoms with E-state index in [1.165, 1.54) is 11.9 Å². The Bertz CT molecular complexity index is 958. The lowest BCUT2D eigenvalue weighted by molar-refractivity contribution is -0.134. The highest BCUT2D eigenvalue weighted by molar-refractivity contribution is 5.73. The molecule has 1 aliphatic heterocycles. The smallest absolute Gasteiger partial charge is 0.322 e. The zero-order chi connectivity index (χ0) is 18.8. The maximum atomic E-state index is 11.0. The van der Waals surface area contributed by atoms with E-state index in [1.807, 2.05) is 37.3 Å². The molecule has 2 heterocycles. The van der Waals surface area contributed by atoms with Gasteiger partial charge in [-0.2, -0.15) is 0 Å². The molecular weight excluding hydrogens is 342 g/mol. The van der Waals surface area contributed by atoms with Gasteiger partial charge in [0.15, 0.2) is 0 Å². The molecule has 2 atom stereocenters. The van der Waals surface area contributed by atoms with Crippen LogP contribution in [0.2, 0.25) is 0 Å². The van der Waals surface area contributed by atoms with Crippen molar-refractivity contribution in [3.8, 4) is 5.88 Å². The monoisotopic (exact) mass is 361 g/mol. The molecule has 0 saturated carbocycles. The van der Waals surface area contributed by atoms with Crippen LogP contribution in [0.3, 0.4) is 0 Å². The lowest BCUT2D eigenvalue weighted by atomic mass is 9.85. The van der Waals surface area contributed by atoms with Crippen LogP contribution < -0.4 is 10.1 Å². The minimum atomic E-state index is -0.951. The molecule has 136 valence electrons. The number of carbonyl (C=O) groups is 1. The van der Waals surface area contributed by atoms with E-state index in [9.17, 15) is 4.79 Å². The number of hydrogen-bond acceptors (Lipinski definition) is 5. The predicted molar refractivity (Wildman–Crippen MR) is 101 cm³/mol. The first kappa shape index (κ1) is 17.0. The van der Waals surface area contributed by atoms with Gasteiger partial charge in [-0.05, 0) is 18.1 Å². The fourth-order valence-electron chi connectivity index (χ4n) is 3.41. The fraction of sp³-hybridized carbons (Fsp3) is 0.190. The summed E-state index contributed by atoms with van der Waals surface area (Å²) in [5.41, 5.74) is 4.06. The lowest BCUT2D eigenvalue weighted by Crippen LogP contribution is -2.16. The molecule has 6 heteroatoms. The van der Waals surface area contributed by atoms with Gasteiger partial charge in [0.25, 0.3) is 0 Å². The summed E-state index contributed by atoms with van der Waals surface area (Å²) >= 11 is 0. The third-order valence-electron chi connectivity index (χ3n) is 4.67. The van der Waals surface area contributed by atoms with Crippen molar-refractivity contribution in [1.82, 2.24) is 9.97 Å². The van der Waals surface area contributed by atoms with Crippen molar-refractivity contribution in [3.05, 3.63) is 83.2 Å². The minimum absolute atomic E-state index is 0.138. The number of aromatic nitrogens is 2. The first-order chi connectivity index (χ1) is 13.1. The Morgan fingerprint density at radius 3 is 2.52 bits per heavy atom. The number of carboxylic acids is 1. The summed E-state index contributed by atoms with van der Waals surface area (Å²) in [7, 11) is 0. The molecule has 2 N–H and O–H groups in total. The highest BCUT2D eigenvalue weighted by Crippen LogP contribution is 2.50. The Hall–Kier alpha value is -3.41. The van der Waals surface area contributed by atoms with Crippen LogP contribution in [0.4, 0.5) is 5.82 Å². The summed E-state index contributed by atoms with van der Waals surface area (Å²) in [4.78, 5) is 19.6. The van der Waals surface area contributed by atoms with E-state index < -0.39 is 5.97 Å². The Labute approximate surface area is 156 Å². The maximum absolute atomic E-state index is 11.0. The van der Waals surface area contributed by atoms with Crippen LogP contribution in [0.1, 0.15) is 34.3 Å². The maximum Gasteiger partial charge on any atom is 0.322 e. The van der Waals surface area contributed by atoms with Crippen molar-refractivity contribution in [3.63, 3.8) is 0 Å². The molecule has 1 aliphatic rings. The summed E-state index contributed by atoms with van der Waals surface area (Å²) < 4.78 is 6.20. The zero-order valence-corrected chi connectivity index (χ0v) is 14.8. The summed E-state index contributed by atoms with van der Waals surface area (Å²) in [6.07, 6.45) is 1.13. The van der Waals surface area contributed by atoms with E-state index >= 15 is 0 Å². The third kappa shape index (κ3) is 3.33. The van der Waals surface area contributed by atoms with Crippen molar-refractivity contribution in [1.29, 1.82) is 0 Å². The van der Waals surface area contributed by atoms with Gasteiger partial charge in [-0.3, -0.25) is 4.79 Å². The normalized spacial score (nSPS) is 17.8. The molecule has 27 heavy (non-hydrogen) atoms. The van der Waals surface area contributed by atoms with Crippen molar-refractivity contribution in [2.75, 3.05) is 11.9 Å². The predicted octanol–water partition coefficient (Wildman–Crippen LogP) is 3.55. The van der Waals surface area contributed by atoms with E-state index in [1.54, 1.807) is 0 Å². The van der Waals surface area contributed by atoms with Crippen LogP contribution in [0.5, 0.6) is 5.88 Å². The van der Waals surface area contributed by atoms with Crippen molar-refractivity contribution < 1.29 is 14.6 Å². The first-order valence-corrected chi connectivity index (χ1v) is 8.72. The molecule has 4 rings (SSSR count). The van der Waals surface area contributed by atoms with Crippen LogP contribution in [0, 0.1) is 6.92 Å². The van der Waals surface area contributed by atoms with E-state index in [-0.39, 0.29) is 18.6 Å². The summed E-state index contributed by atoms with van der Waals surface area (Å²) in [6, 6.07) is 18.2. The molecular formula is C21H19N3O3. The first-order valence-electron chi connectivity index (χ1n) is 8.72. The molecule has 0 fully saturated rings. The van der Waals surface area contributed by atoms with E-state index in [0.29, 0.717) is 11.7 Å². The highest BCUT2D eigenvalue weighted by Gasteiger charge is 2.40. The number of fused-ring (bicyclic) bond motifs is 1. The number of aliphatic carboxylic acids is 1. The second-order valence-corrected chi connectivity index (χ2v) is 6.53. The minimum Gasteiger partial charge on any atom is -0.480 e. The van der Waals surface area contributed by atoms with Gasteiger partial charge in [0.2, 0.25) is 5.88 Å². The Kier molecular flexibility index (Phi) is 4.46. The number of hydrogen-bond donors (Lipinski definition) is 2. The molecule has 1 aromatic heterocycles. The van der Waals surface area contributed by atoms with Crippen LogP contribution in [0.25, 0.3) is 0 Å². The standard InChI is InChI=1S/C21H19N3O3/c1-13-7-9-14(10-8-13)17-18-20(22-11-16(25)26)23-12-24-21(18)27-19(17)15-5-3-2-4-6-15/h2-10,12,17,19H,11H2,1H3,(H,25,26)(H,22,23,24). The van der Waals surface area contributed by atoms with E-state index in [0.717, 1.165) is 16.7 Å². The van der Waals surface area contributed by atoms with Crippen molar-refractivity contribution in [2.24, 2.45) is 0 Å². The lowest BCUT2D eigenvalue weighted by Gasteiger charge is -2.20. The summed E-state index contributed by atoms with van der Waals surface area (Å²) in [5, 5.41) is 11.9. The van der Waals surface area contributed by atoms with Gasteiger partial charge in [-0.1, -0.05) is 60.2 Å². The van der Waals surface area contributed by atoms with Crippen LogP contribution in [-0.4, -0.2) is 27.6 Å². The SMILES string of the molecule is Cc1ccc(C2c3c(NCC(=O)O)ncnc3OC2c2ccccc2)cc1. The summed E-state index contributed by atoms with van der Waals surface area (Å²) in [6.45, 7) is 1.82. The number of aryl methyl sites for hydroxylation is 1. The van der Waals surface area contributed by atoms with Gasteiger partial charge in [0.1, 0.15) is 24.8 Å². The number of ether oxygens (including phenoxy) is 1. The van der Waals surface area contributed by atoms with Gasteiger partial charge in [-0.25, -0.2) is 9.97 Å². The number of rotatable bonds is 5. The van der Waals surface area contributed by atoms with Crippen molar-refractivity contribution >= 4 is 11.8 Å². The number of anilines is 1. The second-order valence-electron chi connectivity index (χ2n) is 6.53. The molecule has 0 amide bonds. The second kappa shape index (κ2) is 7.07. The van der Waals surface area contributed by atoms with Crippen LogP contribution >= 0.6 is 0 Å². The molecule has 3 aromatic rings. The molecule has 0 saturated heterocycles. The van der Waals surface area contributed by atoms with Gasteiger partial charge < -0.3 is 15.2 Å². The number of carboxylic acid groups (broad SMARTS) is 1. The molecule has 0 bridgehead atoms. The number of nitrogens with one attached hydrogen (secondary N) is 1. The van der Waals surface area contributed by atoms with Gasteiger partial charge in [-0.15, -0.1) is 0 Å². The molecule has 6 nitrogen and oxygen atoms in total. The van der Waals surface area contributed by atoms with Crippen LogP contribution in [0.15, 0.2) is 60.9 Å². The molecule has 0 spiro atoms.